The zero-order chi connectivity index (χ0) is 24.8. The number of thiazole rings is 1. The van der Waals surface area contributed by atoms with E-state index in [0.29, 0.717) is 35.7 Å². The first-order valence-corrected chi connectivity index (χ1v) is 12.4. The summed E-state index contributed by atoms with van der Waals surface area (Å²) < 4.78 is 1.58. The monoisotopic (exact) mass is 497 g/mol. The van der Waals surface area contributed by atoms with E-state index < -0.39 is 0 Å². The van der Waals surface area contributed by atoms with Crippen molar-refractivity contribution in [2.24, 2.45) is 4.99 Å². The fourth-order valence-corrected chi connectivity index (χ4v) is 5.17. The van der Waals surface area contributed by atoms with Crippen LogP contribution in [0.3, 0.4) is 0 Å². The molecule has 2 amide bonds. The Balaban J connectivity index is 1.15. The predicted molar refractivity (Wildman–Crippen MR) is 140 cm³/mol. The van der Waals surface area contributed by atoms with Gasteiger partial charge in [-0.3, -0.25) is 24.4 Å². The first-order valence-electron chi connectivity index (χ1n) is 11.6. The second-order valence-electron chi connectivity index (χ2n) is 8.77. The van der Waals surface area contributed by atoms with Gasteiger partial charge in [0.15, 0.2) is 16.6 Å². The highest BCUT2D eigenvalue weighted by Crippen LogP contribution is 2.30. The zero-order valence-corrected chi connectivity index (χ0v) is 20.6. The molecule has 2 aromatic carbocycles. The van der Waals surface area contributed by atoms with E-state index in [1.54, 1.807) is 11.6 Å². The van der Waals surface area contributed by atoms with Crippen LogP contribution in [0.1, 0.15) is 16.1 Å². The molecule has 1 N–H and O–H groups in total. The zero-order valence-electron chi connectivity index (χ0n) is 19.8. The van der Waals surface area contributed by atoms with E-state index in [-0.39, 0.29) is 18.4 Å². The summed E-state index contributed by atoms with van der Waals surface area (Å²) >= 11 is 1.36. The maximum absolute atomic E-state index is 12.9. The molecule has 0 aliphatic carbocycles. The molecule has 4 aromatic rings. The Labute approximate surface area is 211 Å². The smallest absolute Gasteiger partial charge is 0.280 e. The lowest BCUT2D eigenvalue weighted by molar-refractivity contribution is -0.116. The molecule has 0 saturated heterocycles. The summed E-state index contributed by atoms with van der Waals surface area (Å²) in [6, 6.07) is 16.6. The largest absolute Gasteiger partial charge is 0.315 e. The summed E-state index contributed by atoms with van der Waals surface area (Å²) in [4.78, 5) is 42.4. The fraction of sp³-hybridized carbons (Fsp3) is 0.192. The van der Waals surface area contributed by atoms with Gasteiger partial charge in [-0.05, 0) is 18.1 Å². The van der Waals surface area contributed by atoms with Crippen LogP contribution in [0, 0.1) is 6.92 Å². The van der Waals surface area contributed by atoms with Crippen molar-refractivity contribution in [3.8, 4) is 22.4 Å². The van der Waals surface area contributed by atoms with Crippen molar-refractivity contribution in [2.45, 2.75) is 13.5 Å². The van der Waals surface area contributed by atoms with Crippen molar-refractivity contribution < 1.29 is 9.59 Å². The van der Waals surface area contributed by atoms with E-state index in [1.165, 1.54) is 28.1 Å². The number of benzene rings is 2. The third kappa shape index (κ3) is 3.85. The summed E-state index contributed by atoms with van der Waals surface area (Å²) in [5, 5.41) is 5.27. The fourth-order valence-electron chi connectivity index (χ4n) is 4.44. The van der Waals surface area contributed by atoms with E-state index in [0.717, 1.165) is 22.4 Å². The maximum atomic E-state index is 12.9. The van der Waals surface area contributed by atoms with Gasteiger partial charge in [-0.2, -0.15) is 0 Å². The number of rotatable bonds is 5. The van der Waals surface area contributed by atoms with Gasteiger partial charge >= 0.3 is 0 Å². The summed E-state index contributed by atoms with van der Waals surface area (Å²) in [6.07, 6.45) is 1.53. The molecule has 4 heterocycles. The van der Waals surface area contributed by atoms with Crippen LogP contribution >= 0.6 is 11.3 Å². The molecule has 0 radical (unpaired) electrons. The van der Waals surface area contributed by atoms with Gasteiger partial charge in [-0.25, -0.2) is 9.97 Å². The third-order valence-corrected chi connectivity index (χ3v) is 7.09. The highest BCUT2D eigenvalue weighted by Gasteiger charge is 2.38. The first kappa shape index (κ1) is 22.2. The molecule has 180 valence electrons. The minimum absolute atomic E-state index is 0.0393. The quantitative estimate of drug-likeness (QED) is 0.452. The third-order valence-electron chi connectivity index (χ3n) is 6.33. The predicted octanol–water partition coefficient (Wildman–Crippen LogP) is 3.88. The SMILES string of the molecule is Cc1ccc(-c2ccc(-c3csc(NC(=O)Cn4cnc5c4C(=O)N(C)C4=NCCN45)n3)cc2)cc1. The topological polar surface area (TPSA) is 95.7 Å². The van der Waals surface area contributed by atoms with Crippen LogP contribution < -0.4 is 10.2 Å². The van der Waals surface area contributed by atoms with Crippen molar-refractivity contribution in [3.05, 3.63) is 71.5 Å². The number of hydrogen-bond donors (Lipinski definition) is 1. The highest BCUT2D eigenvalue weighted by molar-refractivity contribution is 7.14. The summed E-state index contributed by atoms with van der Waals surface area (Å²) in [7, 11) is 1.68. The van der Waals surface area contributed by atoms with Crippen LogP contribution in [0.5, 0.6) is 0 Å². The van der Waals surface area contributed by atoms with E-state index in [2.05, 4.69) is 63.6 Å². The average Bonchev–Trinajstić information content (AvgIpc) is 3.63. The molecule has 0 unspecified atom stereocenters. The number of aromatic nitrogens is 3. The second kappa shape index (κ2) is 8.72. The minimum Gasteiger partial charge on any atom is -0.315 e. The molecule has 2 aliphatic rings. The number of carbonyl (C=O) groups is 2. The number of anilines is 2. The van der Waals surface area contributed by atoms with Crippen LogP contribution in [0.25, 0.3) is 22.4 Å². The lowest BCUT2D eigenvalue weighted by Crippen LogP contribution is -2.48. The Bertz CT molecular complexity index is 1500. The molecule has 0 atom stereocenters. The van der Waals surface area contributed by atoms with E-state index in [4.69, 9.17) is 0 Å². The van der Waals surface area contributed by atoms with Gasteiger partial charge in [0.05, 0.1) is 18.6 Å². The first-order chi connectivity index (χ1) is 17.5. The van der Waals surface area contributed by atoms with Crippen LogP contribution in [-0.2, 0) is 11.3 Å². The molecule has 0 saturated carbocycles. The van der Waals surface area contributed by atoms with Crippen LogP contribution in [0.2, 0.25) is 0 Å². The number of aliphatic imine (C=N–C) groups is 1. The van der Waals surface area contributed by atoms with Gasteiger partial charge < -0.3 is 9.88 Å². The molecule has 2 aliphatic heterocycles. The Morgan fingerprint density at radius 2 is 1.75 bits per heavy atom. The molecular weight excluding hydrogens is 474 g/mol. The number of nitrogens with zero attached hydrogens (tertiary/aromatic N) is 6. The molecule has 36 heavy (non-hydrogen) atoms. The van der Waals surface area contributed by atoms with E-state index >= 15 is 0 Å². The molecule has 2 aromatic heterocycles. The van der Waals surface area contributed by atoms with Gasteiger partial charge in [0, 0.05) is 24.5 Å². The molecule has 9 nitrogen and oxygen atoms in total. The van der Waals surface area contributed by atoms with Crippen molar-refractivity contribution in [1.29, 1.82) is 0 Å². The number of imidazole rings is 1. The van der Waals surface area contributed by atoms with Crippen LogP contribution in [0.4, 0.5) is 10.9 Å². The molecule has 6 rings (SSSR count). The van der Waals surface area contributed by atoms with Gasteiger partial charge in [0.25, 0.3) is 5.91 Å². The Hall–Kier alpha value is -4.31. The lowest BCUT2D eigenvalue weighted by Gasteiger charge is -2.30. The molecule has 0 spiro atoms. The van der Waals surface area contributed by atoms with Crippen molar-refractivity contribution in [2.75, 3.05) is 30.4 Å². The van der Waals surface area contributed by atoms with Gasteiger partial charge in [-0.1, -0.05) is 54.1 Å². The maximum Gasteiger partial charge on any atom is 0.280 e. The minimum atomic E-state index is -0.276. The molecular formula is C26H23N7O2S. The molecule has 10 heteroatoms. The van der Waals surface area contributed by atoms with Crippen molar-refractivity contribution >= 4 is 40.1 Å². The molecule has 0 fully saturated rings. The van der Waals surface area contributed by atoms with Crippen molar-refractivity contribution in [3.63, 3.8) is 0 Å². The summed E-state index contributed by atoms with van der Waals surface area (Å²) in [6.45, 7) is 3.31. The van der Waals surface area contributed by atoms with Crippen LogP contribution in [-0.4, -0.2) is 57.3 Å². The Kier molecular flexibility index (Phi) is 5.37. The van der Waals surface area contributed by atoms with Gasteiger partial charge in [0.2, 0.25) is 11.9 Å². The Morgan fingerprint density at radius 1 is 1.06 bits per heavy atom. The van der Waals surface area contributed by atoms with Gasteiger partial charge in [0.1, 0.15) is 6.54 Å². The molecule has 0 bridgehead atoms. The van der Waals surface area contributed by atoms with E-state index in [9.17, 15) is 9.59 Å². The number of guanidine groups is 1. The normalized spacial score (nSPS) is 14.5. The lowest BCUT2D eigenvalue weighted by atomic mass is 10.0. The number of fused-ring (bicyclic) bond motifs is 3. The summed E-state index contributed by atoms with van der Waals surface area (Å²) in [5.41, 5.74) is 5.69. The average molecular weight is 498 g/mol. The number of nitrogens with one attached hydrogen (secondary N) is 1. The van der Waals surface area contributed by atoms with Crippen molar-refractivity contribution in [1.82, 2.24) is 19.4 Å². The second-order valence-corrected chi connectivity index (χ2v) is 9.63. The highest BCUT2D eigenvalue weighted by atomic mass is 32.1. The van der Waals surface area contributed by atoms with Gasteiger partial charge in [-0.15, -0.1) is 11.3 Å². The number of aryl methyl sites for hydroxylation is 1. The number of carbonyl (C=O) groups excluding carboxylic acids is 2. The Morgan fingerprint density at radius 3 is 2.50 bits per heavy atom. The summed E-state index contributed by atoms with van der Waals surface area (Å²) in [5.74, 6) is 0.650. The van der Waals surface area contributed by atoms with E-state index in [1.807, 2.05) is 22.4 Å². The standard InChI is InChI=1S/C26H23N7O2S/c1-16-3-5-17(6-4-16)18-7-9-19(10-8-18)20-14-36-25(29-20)30-21(34)13-32-15-28-23-22(32)24(35)31(2)26-27-11-12-33(23)26/h3-10,14-15H,11-13H2,1-2H3,(H,29,30,34). The number of amides is 2. The number of hydrogen-bond acceptors (Lipinski definition) is 7. The van der Waals surface area contributed by atoms with Crippen LogP contribution in [0.15, 0.2) is 65.2 Å².